The molecule has 0 amide bonds. The monoisotopic (exact) mass is 505 g/mol. The van der Waals surface area contributed by atoms with Crippen molar-refractivity contribution in [1.82, 2.24) is 14.5 Å². The first-order chi connectivity index (χ1) is 18.5. The summed E-state index contributed by atoms with van der Waals surface area (Å²) in [6.45, 7) is 3.09. The molecule has 0 aliphatic heterocycles. The summed E-state index contributed by atoms with van der Waals surface area (Å²) in [4.78, 5) is 21.9. The molecule has 1 saturated carbocycles. The Kier molecular flexibility index (Phi) is 6.54. The van der Waals surface area contributed by atoms with Crippen molar-refractivity contribution in [3.05, 3.63) is 102 Å². The predicted octanol–water partition coefficient (Wildman–Crippen LogP) is 6.88. The van der Waals surface area contributed by atoms with Crippen molar-refractivity contribution in [2.75, 3.05) is 0 Å². The van der Waals surface area contributed by atoms with Crippen molar-refractivity contribution in [3.63, 3.8) is 0 Å². The van der Waals surface area contributed by atoms with Crippen LogP contribution in [0.1, 0.15) is 54.2 Å². The van der Waals surface area contributed by atoms with Gasteiger partial charge in [-0.25, -0.2) is 9.97 Å². The van der Waals surface area contributed by atoms with E-state index in [1.807, 2.05) is 48.5 Å². The average Bonchev–Trinajstić information content (AvgIpc) is 3.30. The minimum absolute atomic E-state index is 0.106. The number of aryl methyl sites for hydroxylation is 1. The van der Waals surface area contributed by atoms with Gasteiger partial charge in [0.05, 0.1) is 28.2 Å². The number of imidazole rings is 1. The van der Waals surface area contributed by atoms with E-state index in [-0.39, 0.29) is 5.92 Å². The second kappa shape index (κ2) is 10.3. The molecule has 5 aromatic rings. The molecule has 2 aromatic heterocycles. The van der Waals surface area contributed by atoms with Crippen molar-refractivity contribution in [1.29, 1.82) is 0 Å². The Bertz CT molecular complexity index is 1610. The third-order valence-electron chi connectivity index (χ3n) is 7.67. The van der Waals surface area contributed by atoms with Crippen LogP contribution in [0.25, 0.3) is 21.9 Å². The summed E-state index contributed by atoms with van der Waals surface area (Å²) in [6, 6.07) is 26.6. The van der Waals surface area contributed by atoms with E-state index in [1.54, 1.807) is 0 Å². The van der Waals surface area contributed by atoms with Crippen LogP contribution in [0.2, 0.25) is 0 Å². The second-order valence-corrected chi connectivity index (χ2v) is 10.3. The van der Waals surface area contributed by atoms with Gasteiger partial charge in [0.2, 0.25) is 0 Å². The highest BCUT2D eigenvalue weighted by Crippen LogP contribution is 2.39. The predicted molar refractivity (Wildman–Crippen MR) is 148 cm³/mol. The second-order valence-electron chi connectivity index (χ2n) is 10.3. The number of ether oxygens (including phenoxy) is 1. The van der Waals surface area contributed by atoms with Gasteiger partial charge in [-0.3, -0.25) is 4.79 Å². The number of para-hydroxylation sites is 1. The smallest absolute Gasteiger partial charge is 0.307 e. The fraction of sp³-hybridized carbons (Fsp3) is 0.281. The molecule has 0 spiro atoms. The summed E-state index contributed by atoms with van der Waals surface area (Å²) in [5.74, 6) is 0.339. The molecule has 0 radical (unpaired) electrons. The van der Waals surface area contributed by atoms with E-state index in [0.29, 0.717) is 19.6 Å². The number of pyridine rings is 1. The van der Waals surface area contributed by atoms with E-state index in [1.165, 1.54) is 11.1 Å². The highest BCUT2D eigenvalue weighted by molar-refractivity contribution is 5.79. The van der Waals surface area contributed by atoms with Gasteiger partial charge in [-0.2, -0.15) is 0 Å². The SMILES string of the molecule is Cc1ccc(Cn2c(C3CCCC[C@@H]3C(=O)O)nc3cc(OCc4ccc5ccccc5n4)ccc32)cc1. The molecule has 1 aliphatic carbocycles. The van der Waals surface area contributed by atoms with Crippen molar-refractivity contribution < 1.29 is 14.6 Å². The Hall–Kier alpha value is -4.19. The number of hydrogen-bond donors (Lipinski definition) is 1. The van der Waals surface area contributed by atoms with E-state index in [9.17, 15) is 9.90 Å². The summed E-state index contributed by atoms with van der Waals surface area (Å²) < 4.78 is 8.34. The summed E-state index contributed by atoms with van der Waals surface area (Å²) >= 11 is 0. The molecule has 1 fully saturated rings. The summed E-state index contributed by atoms with van der Waals surface area (Å²) in [5.41, 5.74) is 6.01. The maximum Gasteiger partial charge on any atom is 0.307 e. The quantitative estimate of drug-likeness (QED) is 0.261. The molecule has 1 unspecified atom stereocenters. The fourth-order valence-corrected chi connectivity index (χ4v) is 5.62. The zero-order valence-corrected chi connectivity index (χ0v) is 21.5. The summed E-state index contributed by atoms with van der Waals surface area (Å²) in [6.07, 6.45) is 3.51. The number of nitrogens with zero attached hydrogens (tertiary/aromatic N) is 3. The number of benzene rings is 3. The van der Waals surface area contributed by atoms with Gasteiger partial charge in [0.15, 0.2) is 0 Å². The molecule has 38 heavy (non-hydrogen) atoms. The third-order valence-corrected chi connectivity index (χ3v) is 7.67. The highest BCUT2D eigenvalue weighted by Gasteiger charge is 2.35. The number of carboxylic acids is 1. The Morgan fingerprint density at radius 1 is 0.947 bits per heavy atom. The van der Waals surface area contributed by atoms with Gasteiger partial charge in [0.25, 0.3) is 0 Å². The number of carboxylic acid groups (broad SMARTS) is 1. The molecular weight excluding hydrogens is 474 g/mol. The number of carbonyl (C=O) groups is 1. The third kappa shape index (κ3) is 4.86. The molecule has 0 bridgehead atoms. The lowest BCUT2D eigenvalue weighted by Gasteiger charge is -2.28. The van der Waals surface area contributed by atoms with Gasteiger partial charge in [-0.15, -0.1) is 0 Å². The molecular formula is C32H31N3O3. The van der Waals surface area contributed by atoms with E-state index >= 15 is 0 Å². The lowest BCUT2D eigenvalue weighted by molar-refractivity contribution is -0.143. The van der Waals surface area contributed by atoms with Crippen LogP contribution in [-0.4, -0.2) is 25.6 Å². The van der Waals surface area contributed by atoms with E-state index in [2.05, 4.69) is 41.8 Å². The van der Waals surface area contributed by atoms with Crippen molar-refractivity contribution in [3.8, 4) is 5.75 Å². The number of hydrogen-bond acceptors (Lipinski definition) is 4. The first-order valence-electron chi connectivity index (χ1n) is 13.3. The zero-order chi connectivity index (χ0) is 26.1. The molecule has 2 atom stereocenters. The Balaban J connectivity index is 1.33. The number of aliphatic carboxylic acids is 1. The van der Waals surface area contributed by atoms with Gasteiger partial charge in [0.1, 0.15) is 18.2 Å². The zero-order valence-electron chi connectivity index (χ0n) is 21.5. The summed E-state index contributed by atoms with van der Waals surface area (Å²) in [7, 11) is 0. The van der Waals surface area contributed by atoms with Crippen LogP contribution in [0.4, 0.5) is 0 Å². The lowest BCUT2D eigenvalue weighted by atomic mass is 9.78. The standard InChI is InChI=1S/C32H31N3O3/c1-21-10-12-22(13-11-21)19-35-30-17-16-25(38-20-24-15-14-23-6-2-5-9-28(23)33-24)18-29(30)34-31(35)26-7-3-4-8-27(26)32(36)37/h2,5-6,9-18,26-27H,3-4,7-8,19-20H2,1H3,(H,36,37)/t26?,27-/m0/s1. The normalized spacial score (nSPS) is 17.6. The Morgan fingerprint density at radius 3 is 2.61 bits per heavy atom. The molecule has 2 heterocycles. The van der Waals surface area contributed by atoms with Crippen molar-refractivity contribution >= 4 is 27.9 Å². The minimum atomic E-state index is -0.726. The maximum absolute atomic E-state index is 12.2. The molecule has 6 nitrogen and oxygen atoms in total. The lowest BCUT2D eigenvalue weighted by Crippen LogP contribution is -2.27. The minimum Gasteiger partial charge on any atom is -0.487 e. The van der Waals surface area contributed by atoms with Gasteiger partial charge >= 0.3 is 5.97 Å². The number of rotatable bonds is 7. The molecule has 3 aromatic carbocycles. The largest absolute Gasteiger partial charge is 0.487 e. The number of aromatic nitrogens is 3. The van der Waals surface area contributed by atoms with Gasteiger partial charge in [-0.1, -0.05) is 66.9 Å². The van der Waals surface area contributed by atoms with E-state index in [0.717, 1.165) is 58.5 Å². The Labute approximate surface area is 221 Å². The van der Waals surface area contributed by atoms with Crippen LogP contribution in [0.3, 0.4) is 0 Å². The van der Waals surface area contributed by atoms with E-state index in [4.69, 9.17) is 14.7 Å². The fourth-order valence-electron chi connectivity index (χ4n) is 5.62. The van der Waals surface area contributed by atoms with Crippen LogP contribution in [0.5, 0.6) is 5.75 Å². The van der Waals surface area contributed by atoms with Gasteiger partial charge < -0.3 is 14.4 Å². The van der Waals surface area contributed by atoms with Crippen molar-refractivity contribution in [2.24, 2.45) is 5.92 Å². The van der Waals surface area contributed by atoms with Gasteiger partial charge in [-0.05, 0) is 49.6 Å². The first kappa shape index (κ1) is 24.2. The van der Waals surface area contributed by atoms with Crippen LogP contribution in [-0.2, 0) is 17.9 Å². The maximum atomic E-state index is 12.2. The molecule has 0 saturated heterocycles. The molecule has 1 aliphatic rings. The van der Waals surface area contributed by atoms with Gasteiger partial charge in [0, 0.05) is 23.9 Å². The van der Waals surface area contributed by atoms with Crippen LogP contribution >= 0.6 is 0 Å². The van der Waals surface area contributed by atoms with Crippen molar-refractivity contribution in [2.45, 2.75) is 51.7 Å². The molecule has 6 heteroatoms. The summed E-state index contributed by atoms with van der Waals surface area (Å²) in [5, 5.41) is 11.1. The highest BCUT2D eigenvalue weighted by atomic mass is 16.5. The topological polar surface area (TPSA) is 77.2 Å². The van der Waals surface area contributed by atoms with Crippen LogP contribution < -0.4 is 4.74 Å². The van der Waals surface area contributed by atoms with Crippen LogP contribution in [0.15, 0.2) is 78.9 Å². The molecule has 6 rings (SSSR count). The van der Waals surface area contributed by atoms with Crippen LogP contribution in [0, 0.1) is 12.8 Å². The average molecular weight is 506 g/mol. The van der Waals surface area contributed by atoms with E-state index < -0.39 is 11.9 Å². The molecule has 1 N–H and O–H groups in total. The molecule has 192 valence electrons. The number of fused-ring (bicyclic) bond motifs is 2. The first-order valence-corrected chi connectivity index (χ1v) is 13.3. The Morgan fingerprint density at radius 2 is 1.76 bits per heavy atom.